The number of benzene rings is 2. The van der Waals surface area contributed by atoms with Crippen LogP contribution in [-0.4, -0.2) is 56.1 Å². The van der Waals surface area contributed by atoms with Crippen molar-refractivity contribution in [3.63, 3.8) is 0 Å². The van der Waals surface area contributed by atoms with E-state index in [2.05, 4.69) is 16.1 Å². The lowest BCUT2D eigenvalue weighted by atomic mass is 10.2. The fraction of sp³-hybridized carbons (Fsp3) is 0.250. The highest BCUT2D eigenvalue weighted by Gasteiger charge is 2.19. The van der Waals surface area contributed by atoms with Crippen molar-refractivity contribution in [2.75, 3.05) is 36.9 Å². The number of rotatable bonds is 6. The van der Waals surface area contributed by atoms with E-state index >= 15 is 0 Å². The second-order valence-corrected chi connectivity index (χ2v) is 10.7. The normalized spacial score (nSPS) is 13.0. The number of carboxylic acid groups (broad SMARTS) is 1. The van der Waals surface area contributed by atoms with Gasteiger partial charge in [0.1, 0.15) is 22.6 Å². The number of anilines is 2. The van der Waals surface area contributed by atoms with Gasteiger partial charge in [0.25, 0.3) is 5.56 Å². The average Bonchev–Trinajstić information content (AvgIpc) is 3.49. The molecule has 234 valence electrons. The summed E-state index contributed by atoms with van der Waals surface area (Å²) in [5, 5.41) is 13.5. The zero-order chi connectivity index (χ0) is 32.2. The van der Waals surface area contributed by atoms with Crippen LogP contribution in [0.2, 0.25) is 0 Å². The molecule has 5 aromatic rings. The van der Waals surface area contributed by atoms with Crippen LogP contribution in [0.15, 0.2) is 82.8 Å². The number of hydrogen-bond acceptors (Lipinski definition) is 8. The highest BCUT2D eigenvalue weighted by Crippen LogP contribution is 2.33. The van der Waals surface area contributed by atoms with Crippen LogP contribution >= 0.6 is 0 Å². The number of carboxylic acids is 1. The van der Waals surface area contributed by atoms with Gasteiger partial charge in [-0.05, 0) is 74.9 Å². The molecule has 0 bridgehead atoms. The Kier molecular flexibility index (Phi) is 9.00. The van der Waals surface area contributed by atoms with E-state index in [0.717, 1.165) is 87.7 Å². The summed E-state index contributed by atoms with van der Waals surface area (Å²) in [6, 6.07) is 14.0. The van der Waals surface area contributed by atoms with Crippen LogP contribution in [0.4, 0.5) is 15.8 Å². The Balaban J connectivity index is 0.000000180. The van der Waals surface area contributed by atoms with Crippen LogP contribution in [0, 0.1) is 12.7 Å². The topological polar surface area (TPSA) is 146 Å². The molecule has 0 aliphatic carbocycles. The molecule has 0 unspecified atom stereocenters. The summed E-state index contributed by atoms with van der Waals surface area (Å²) in [7, 11) is 0. The molecule has 0 spiro atoms. The second kappa shape index (κ2) is 13.1. The molecule has 3 aromatic heterocycles. The van der Waals surface area contributed by atoms with Gasteiger partial charge in [0.05, 0.1) is 37.0 Å². The van der Waals surface area contributed by atoms with E-state index in [0.29, 0.717) is 0 Å². The molecule has 0 atom stereocenters. The average molecular weight is 617 g/mol. The van der Waals surface area contributed by atoms with Crippen molar-refractivity contribution in [1.82, 2.24) is 18.7 Å². The number of hydrogen-bond donors (Lipinski definition) is 2. The van der Waals surface area contributed by atoms with Crippen molar-refractivity contribution in [2.24, 2.45) is 0 Å². The van der Waals surface area contributed by atoms with Gasteiger partial charge in [-0.3, -0.25) is 9.36 Å². The number of nitrogens with two attached hydrogens (primary N) is 1. The fourth-order valence-electron chi connectivity index (χ4n) is 4.87. The van der Waals surface area contributed by atoms with Gasteiger partial charge in [-0.25, -0.2) is 23.1 Å². The minimum atomic E-state index is -1.43. The van der Waals surface area contributed by atoms with E-state index in [-0.39, 0.29) is 11.7 Å². The summed E-state index contributed by atoms with van der Waals surface area (Å²) in [5.41, 5.74) is 7.55. The largest absolute Gasteiger partial charge is 0.477 e. The monoisotopic (exact) mass is 616 g/mol. The molecule has 1 fully saturated rings. The Morgan fingerprint density at radius 2 is 1.71 bits per heavy atom. The number of carbonyl (C=O) groups is 1. The quantitative estimate of drug-likeness (QED) is 0.267. The summed E-state index contributed by atoms with van der Waals surface area (Å²) >= 11 is 0. The van der Waals surface area contributed by atoms with Crippen LogP contribution in [0.25, 0.3) is 11.2 Å². The van der Waals surface area contributed by atoms with Crippen molar-refractivity contribution in [3.05, 3.63) is 111 Å². The van der Waals surface area contributed by atoms with Crippen LogP contribution < -0.4 is 26.6 Å². The number of nitrogen functional groups attached to an aromatic ring is 1. The predicted octanol–water partition coefficient (Wildman–Crippen LogP) is 4.27. The van der Waals surface area contributed by atoms with E-state index in [4.69, 9.17) is 20.3 Å². The number of morpholine rings is 1. The number of halogens is 1. The summed E-state index contributed by atoms with van der Waals surface area (Å²) < 4.78 is 28.3. The SMILES string of the molecule is CC(C)n1cc(C(=O)O)c(=O)n(-c2ccc(F)cc2)c1=O.Cc1cc(N)ccc1Oc1cc(N2CCOCC2)cn2nccc12. The summed E-state index contributed by atoms with van der Waals surface area (Å²) in [4.78, 5) is 37.9. The molecule has 6 rings (SSSR count). The molecule has 3 N–H and O–H groups in total. The second-order valence-electron chi connectivity index (χ2n) is 10.7. The third-order valence-electron chi connectivity index (χ3n) is 7.24. The van der Waals surface area contributed by atoms with Gasteiger partial charge in [-0.15, -0.1) is 0 Å². The van der Waals surface area contributed by atoms with Gasteiger partial charge >= 0.3 is 11.7 Å². The van der Waals surface area contributed by atoms with Gasteiger partial charge in [0, 0.05) is 37.1 Å². The lowest BCUT2D eigenvalue weighted by Gasteiger charge is -2.29. The molecular formula is C32H33FN6O6. The molecule has 4 heterocycles. The Hall–Kier alpha value is -5.43. The minimum Gasteiger partial charge on any atom is -0.477 e. The first-order valence-electron chi connectivity index (χ1n) is 14.2. The molecule has 1 aliphatic heterocycles. The first kappa shape index (κ1) is 31.0. The van der Waals surface area contributed by atoms with Crippen LogP contribution in [-0.2, 0) is 4.74 Å². The first-order valence-corrected chi connectivity index (χ1v) is 14.2. The summed E-state index contributed by atoms with van der Waals surface area (Å²) in [5.74, 6) is -0.369. The highest BCUT2D eigenvalue weighted by atomic mass is 19.1. The summed E-state index contributed by atoms with van der Waals surface area (Å²) in [6.45, 7) is 8.58. The van der Waals surface area contributed by atoms with Gasteiger partial charge in [-0.2, -0.15) is 5.10 Å². The van der Waals surface area contributed by atoms with E-state index < -0.39 is 28.6 Å². The number of ether oxygens (including phenoxy) is 2. The molecule has 12 nitrogen and oxygen atoms in total. The van der Waals surface area contributed by atoms with Gasteiger partial charge in [0.15, 0.2) is 5.75 Å². The number of aryl methyl sites for hydroxylation is 1. The molecular weight excluding hydrogens is 583 g/mol. The molecule has 13 heteroatoms. The fourth-order valence-corrected chi connectivity index (χ4v) is 4.87. The summed E-state index contributed by atoms with van der Waals surface area (Å²) in [6.07, 6.45) is 4.84. The molecule has 0 radical (unpaired) electrons. The van der Waals surface area contributed by atoms with Crippen molar-refractivity contribution in [1.29, 1.82) is 0 Å². The molecule has 1 saturated heterocycles. The molecule has 45 heavy (non-hydrogen) atoms. The number of fused-ring (bicyclic) bond motifs is 1. The van der Waals surface area contributed by atoms with E-state index in [1.807, 2.05) is 41.9 Å². The Bertz CT molecular complexity index is 1960. The van der Waals surface area contributed by atoms with Gasteiger partial charge in [-0.1, -0.05) is 0 Å². The zero-order valence-corrected chi connectivity index (χ0v) is 25.0. The maximum absolute atomic E-state index is 13.0. The van der Waals surface area contributed by atoms with Crippen molar-refractivity contribution in [3.8, 4) is 17.2 Å². The van der Waals surface area contributed by atoms with Crippen molar-refractivity contribution >= 4 is 22.9 Å². The third kappa shape index (κ3) is 6.73. The van der Waals surface area contributed by atoms with E-state index in [1.165, 1.54) is 12.1 Å². The van der Waals surface area contributed by atoms with Crippen molar-refractivity contribution in [2.45, 2.75) is 26.8 Å². The van der Waals surface area contributed by atoms with Crippen LogP contribution in [0.3, 0.4) is 0 Å². The highest BCUT2D eigenvalue weighted by molar-refractivity contribution is 5.86. The smallest absolute Gasteiger partial charge is 0.342 e. The number of aromatic carboxylic acids is 1. The van der Waals surface area contributed by atoms with Gasteiger partial charge < -0.3 is 25.2 Å². The standard InChI is InChI=1S/C18H20N4O2.C14H13FN2O4/c1-13-10-14(19)2-3-17(13)24-18-11-15(21-6-8-23-9-7-21)12-22-16(18)4-5-20-22;1-8(2)16-7-11(13(19)20)12(18)17(14(16)21)10-5-3-9(15)4-6-10/h2-5,10-12H,6-9,19H2,1H3;3-8H,1-2H3,(H,19,20). The Morgan fingerprint density at radius 3 is 2.36 bits per heavy atom. The Morgan fingerprint density at radius 1 is 1.00 bits per heavy atom. The minimum absolute atomic E-state index is 0.115. The van der Waals surface area contributed by atoms with Gasteiger partial charge in [0.2, 0.25) is 0 Å². The Labute approximate surface area is 257 Å². The molecule has 0 amide bonds. The lowest BCUT2D eigenvalue weighted by molar-refractivity contribution is 0.0693. The van der Waals surface area contributed by atoms with Crippen molar-refractivity contribution < 1.29 is 23.8 Å². The lowest BCUT2D eigenvalue weighted by Crippen LogP contribution is -2.41. The maximum Gasteiger partial charge on any atom is 0.342 e. The molecule has 2 aromatic carbocycles. The number of aromatic nitrogens is 4. The molecule has 0 saturated carbocycles. The van der Waals surface area contributed by atoms with Crippen LogP contribution in [0.1, 0.15) is 35.8 Å². The molecule has 1 aliphatic rings. The predicted molar refractivity (Wildman–Crippen MR) is 167 cm³/mol. The van der Waals surface area contributed by atoms with E-state index in [9.17, 15) is 18.8 Å². The maximum atomic E-state index is 13.0. The zero-order valence-electron chi connectivity index (χ0n) is 25.0. The van der Waals surface area contributed by atoms with E-state index in [1.54, 1.807) is 20.0 Å². The first-order chi connectivity index (χ1) is 21.5. The number of nitrogens with zero attached hydrogens (tertiary/aromatic N) is 5. The third-order valence-corrected chi connectivity index (χ3v) is 7.24. The number of pyridine rings is 1. The van der Waals surface area contributed by atoms with Crippen LogP contribution in [0.5, 0.6) is 11.5 Å².